The number of hydrogen-bond acceptors (Lipinski definition) is 4. The van der Waals surface area contributed by atoms with E-state index >= 15 is 0 Å². The van der Waals surface area contributed by atoms with Crippen LogP contribution in [-0.4, -0.2) is 15.9 Å². The van der Waals surface area contributed by atoms with E-state index in [1.54, 1.807) is 0 Å². The van der Waals surface area contributed by atoms with Crippen LogP contribution in [0.4, 0.5) is 20.4 Å². The molecule has 0 saturated carbocycles. The van der Waals surface area contributed by atoms with E-state index in [1.807, 2.05) is 37.3 Å². The van der Waals surface area contributed by atoms with Gasteiger partial charge in [0.2, 0.25) is 5.95 Å². The minimum atomic E-state index is -0.757. The van der Waals surface area contributed by atoms with Gasteiger partial charge in [0, 0.05) is 18.5 Å². The monoisotopic (exact) mass is 354 g/mol. The Morgan fingerprint density at radius 2 is 1.73 bits per heavy atom. The molecule has 0 aliphatic rings. The van der Waals surface area contributed by atoms with Crippen molar-refractivity contribution in [2.45, 2.75) is 13.0 Å². The van der Waals surface area contributed by atoms with Crippen molar-refractivity contribution in [1.82, 2.24) is 15.3 Å². The smallest absolute Gasteiger partial charge is 0.254 e. The number of aromatic nitrogens is 2. The van der Waals surface area contributed by atoms with Crippen LogP contribution in [0.5, 0.6) is 0 Å². The molecule has 2 aromatic carbocycles. The molecule has 0 spiro atoms. The van der Waals surface area contributed by atoms with Crippen molar-refractivity contribution in [3.8, 4) is 0 Å². The molecule has 0 aliphatic carbocycles. The SMILES string of the molecule is CC(NC(=O)c1cnc(Nc2ccc(F)cc2F)nc1)c1ccccc1. The molecule has 0 saturated heterocycles. The number of halogens is 2. The van der Waals surface area contributed by atoms with Gasteiger partial charge >= 0.3 is 0 Å². The number of anilines is 2. The van der Waals surface area contributed by atoms with Crippen LogP contribution in [-0.2, 0) is 0 Å². The zero-order valence-corrected chi connectivity index (χ0v) is 13.9. The third-order valence-electron chi connectivity index (χ3n) is 3.74. The molecule has 0 fully saturated rings. The van der Waals surface area contributed by atoms with Gasteiger partial charge in [-0.25, -0.2) is 18.7 Å². The fourth-order valence-electron chi connectivity index (χ4n) is 2.33. The van der Waals surface area contributed by atoms with E-state index in [1.165, 1.54) is 18.5 Å². The molecule has 0 radical (unpaired) electrons. The Morgan fingerprint density at radius 1 is 1.04 bits per heavy atom. The lowest BCUT2D eigenvalue weighted by Crippen LogP contribution is -2.26. The van der Waals surface area contributed by atoms with Crippen molar-refractivity contribution in [1.29, 1.82) is 0 Å². The second-order valence-corrected chi connectivity index (χ2v) is 5.65. The largest absolute Gasteiger partial charge is 0.345 e. The first-order valence-electron chi connectivity index (χ1n) is 7.93. The van der Waals surface area contributed by atoms with Gasteiger partial charge in [-0.1, -0.05) is 30.3 Å². The Bertz CT molecular complexity index is 901. The Balaban J connectivity index is 1.66. The third kappa shape index (κ3) is 4.18. The Hall–Kier alpha value is -3.35. The molecule has 1 unspecified atom stereocenters. The van der Waals surface area contributed by atoms with E-state index in [9.17, 15) is 13.6 Å². The highest BCUT2D eigenvalue weighted by molar-refractivity contribution is 5.93. The fraction of sp³-hybridized carbons (Fsp3) is 0.105. The summed E-state index contributed by atoms with van der Waals surface area (Å²) in [6.45, 7) is 1.88. The lowest BCUT2D eigenvalue weighted by Gasteiger charge is -2.14. The van der Waals surface area contributed by atoms with E-state index in [0.29, 0.717) is 0 Å². The zero-order chi connectivity index (χ0) is 18.5. The lowest BCUT2D eigenvalue weighted by atomic mass is 10.1. The van der Waals surface area contributed by atoms with E-state index in [-0.39, 0.29) is 29.1 Å². The molecule has 132 valence electrons. The average Bonchev–Trinajstić information content (AvgIpc) is 2.65. The van der Waals surface area contributed by atoms with Gasteiger partial charge < -0.3 is 10.6 Å². The van der Waals surface area contributed by atoms with Gasteiger partial charge in [-0.15, -0.1) is 0 Å². The second-order valence-electron chi connectivity index (χ2n) is 5.65. The number of nitrogens with zero attached hydrogens (tertiary/aromatic N) is 2. The third-order valence-corrected chi connectivity index (χ3v) is 3.74. The summed E-state index contributed by atoms with van der Waals surface area (Å²) in [6, 6.07) is 12.5. The van der Waals surface area contributed by atoms with Crippen LogP contribution in [0.3, 0.4) is 0 Å². The number of hydrogen-bond donors (Lipinski definition) is 2. The van der Waals surface area contributed by atoms with Crippen LogP contribution in [0.25, 0.3) is 0 Å². The minimum absolute atomic E-state index is 0.0429. The summed E-state index contributed by atoms with van der Waals surface area (Å²) in [5, 5.41) is 5.49. The molecule has 5 nitrogen and oxygen atoms in total. The van der Waals surface area contributed by atoms with Gasteiger partial charge in [-0.2, -0.15) is 0 Å². The molecule has 0 bridgehead atoms. The van der Waals surface area contributed by atoms with Gasteiger partial charge in [0.05, 0.1) is 17.3 Å². The summed E-state index contributed by atoms with van der Waals surface area (Å²) >= 11 is 0. The minimum Gasteiger partial charge on any atom is -0.345 e. The van der Waals surface area contributed by atoms with Gasteiger partial charge in [0.25, 0.3) is 5.91 Å². The molecule has 1 amide bonds. The maximum Gasteiger partial charge on any atom is 0.254 e. The van der Waals surface area contributed by atoms with E-state index in [4.69, 9.17) is 0 Å². The van der Waals surface area contributed by atoms with Gasteiger partial charge in [-0.3, -0.25) is 4.79 Å². The van der Waals surface area contributed by atoms with Gasteiger partial charge in [-0.05, 0) is 24.6 Å². The summed E-state index contributed by atoms with van der Waals surface area (Å²) in [7, 11) is 0. The van der Waals surface area contributed by atoms with Crippen LogP contribution in [0.2, 0.25) is 0 Å². The lowest BCUT2D eigenvalue weighted by molar-refractivity contribution is 0.0939. The van der Waals surface area contributed by atoms with Crippen LogP contribution in [0, 0.1) is 11.6 Å². The summed E-state index contributed by atoms with van der Waals surface area (Å²) < 4.78 is 26.5. The highest BCUT2D eigenvalue weighted by Crippen LogP contribution is 2.18. The van der Waals surface area contributed by atoms with Crippen LogP contribution >= 0.6 is 0 Å². The topological polar surface area (TPSA) is 66.9 Å². The van der Waals surface area contributed by atoms with Gasteiger partial charge in [0.1, 0.15) is 11.6 Å². The molecule has 0 aliphatic heterocycles. The Morgan fingerprint density at radius 3 is 2.38 bits per heavy atom. The van der Waals surface area contributed by atoms with Gasteiger partial charge in [0.15, 0.2) is 0 Å². The van der Waals surface area contributed by atoms with Crippen molar-refractivity contribution in [3.63, 3.8) is 0 Å². The molecule has 26 heavy (non-hydrogen) atoms. The first-order chi connectivity index (χ1) is 12.5. The quantitative estimate of drug-likeness (QED) is 0.727. The number of benzene rings is 2. The van der Waals surface area contributed by atoms with Crippen molar-refractivity contribution in [2.75, 3.05) is 5.32 Å². The summed E-state index contributed by atoms with van der Waals surface area (Å²) in [5.41, 5.74) is 1.30. The number of carbonyl (C=O) groups is 1. The fourth-order valence-corrected chi connectivity index (χ4v) is 2.33. The van der Waals surface area contributed by atoms with Crippen molar-refractivity contribution in [3.05, 3.63) is 83.7 Å². The molecular weight excluding hydrogens is 338 g/mol. The average molecular weight is 354 g/mol. The molecule has 2 N–H and O–H groups in total. The molecule has 1 atom stereocenters. The van der Waals surface area contributed by atoms with Crippen LogP contribution < -0.4 is 10.6 Å². The zero-order valence-electron chi connectivity index (χ0n) is 13.9. The highest BCUT2D eigenvalue weighted by Gasteiger charge is 2.12. The molecular formula is C19H16F2N4O. The number of amides is 1. The van der Waals surface area contributed by atoms with Crippen LogP contribution in [0.15, 0.2) is 60.9 Å². The standard InChI is InChI=1S/C19H16F2N4O/c1-12(13-5-3-2-4-6-13)24-18(26)14-10-22-19(23-11-14)25-17-8-7-15(20)9-16(17)21/h2-12H,1H3,(H,24,26)(H,22,23,25). The first-order valence-corrected chi connectivity index (χ1v) is 7.93. The predicted octanol–water partition coefficient (Wildman–Crippen LogP) is 3.99. The predicted molar refractivity (Wildman–Crippen MR) is 94.0 cm³/mol. The van der Waals surface area contributed by atoms with Crippen LogP contribution in [0.1, 0.15) is 28.9 Å². The number of rotatable bonds is 5. The molecule has 3 rings (SSSR count). The Kier molecular flexibility index (Phi) is 5.17. The number of carbonyl (C=O) groups excluding carboxylic acids is 1. The summed E-state index contributed by atoms with van der Waals surface area (Å²) in [5.74, 6) is -1.65. The van der Waals surface area contributed by atoms with E-state index < -0.39 is 11.6 Å². The summed E-state index contributed by atoms with van der Waals surface area (Å²) in [6.07, 6.45) is 2.67. The van der Waals surface area contributed by atoms with Crippen molar-refractivity contribution >= 4 is 17.5 Å². The van der Waals surface area contributed by atoms with E-state index in [0.717, 1.165) is 17.7 Å². The molecule has 1 heterocycles. The Labute approximate surface area is 149 Å². The van der Waals surface area contributed by atoms with Crippen molar-refractivity contribution < 1.29 is 13.6 Å². The molecule has 3 aromatic rings. The first kappa shape index (κ1) is 17.5. The normalized spacial score (nSPS) is 11.7. The van der Waals surface area contributed by atoms with E-state index in [2.05, 4.69) is 20.6 Å². The molecule has 1 aromatic heterocycles. The maximum atomic E-state index is 13.6. The highest BCUT2D eigenvalue weighted by atomic mass is 19.1. The maximum absolute atomic E-state index is 13.6. The summed E-state index contributed by atoms with van der Waals surface area (Å²) in [4.78, 5) is 20.3. The second kappa shape index (κ2) is 7.69. The number of nitrogens with one attached hydrogen (secondary N) is 2. The van der Waals surface area contributed by atoms with Crippen molar-refractivity contribution in [2.24, 2.45) is 0 Å². The molecule has 7 heteroatoms.